The van der Waals surface area contributed by atoms with Crippen LogP contribution in [0.25, 0.3) is 22.4 Å². The molecule has 0 aliphatic carbocycles. The molecule has 0 unspecified atom stereocenters. The van der Waals surface area contributed by atoms with Gasteiger partial charge in [-0.3, -0.25) is 4.79 Å². The first-order chi connectivity index (χ1) is 16.2. The monoisotopic (exact) mass is 440 g/mol. The summed E-state index contributed by atoms with van der Waals surface area (Å²) in [5.41, 5.74) is 3.48. The number of hydrogen-bond donors (Lipinski definition) is 2. The highest BCUT2D eigenvalue weighted by Gasteiger charge is 2.18. The number of rotatable bonds is 5. The van der Waals surface area contributed by atoms with Gasteiger partial charge in [-0.15, -0.1) is 0 Å². The predicted molar refractivity (Wildman–Crippen MR) is 127 cm³/mol. The summed E-state index contributed by atoms with van der Waals surface area (Å²) in [5, 5.41) is 6.72. The van der Waals surface area contributed by atoms with E-state index in [0.717, 1.165) is 42.4 Å². The molecule has 7 heteroatoms. The van der Waals surface area contributed by atoms with E-state index < -0.39 is 0 Å². The number of furan rings is 1. The number of nitrogens with zero attached hydrogens (tertiary/aromatic N) is 2. The average molecular weight is 441 g/mol. The highest BCUT2D eigenvalue weighted by atomic mass is 16.3. The summed E-state index contributed by atoms with van der Waals surface area (Å²) in [4.78, 5) is 32.0. The SMILES string of the molecule is O=C(NCc1cccc(NC(=O)N2CCCC2)c1)c1cc(-c2ccco2)nc2ccccc12. The number of likely N-dealkylation sites (tertiary alicyclic amines) is 1. The number of fused-ring (bicyclic) bond motifs is 1. The molecule has 3 amide bonds. The van der Waals surface area contributed by atoms with Crippen molar-refractivity contribution in [3.63, 3.8) is 0 Å². The van der Waals surface area contributed by atoms with E-state index in [2.05, 4.69) is 15.6 Å². The van der Waals surface area contributed by atoms with Gasteiger partial charge in [0.2, 0.25) is 0 Å². The van der Waals surface area contributed by atoms with Crippen molar-refractivity contribution in [2.75, 3.05) is 18.4 Å². The molecular formula is C26H24N4O3. The number of urea groups is 1. The summed E-state index contributed by atoms with van der Waals surface area (Å²) in [6.07, 6.45) is 3.68. The number of pyridine rings is 1. The van der Waals surface area contributed by atoms with E-state index in [9.17, 15) is 9.59 Å². The Bertz CT molecular complexity index is 1290. The molecule has 1 fully saturated rings. The first-order valence-electron chi connectivity index (χ1n) is 11.0. The van der Waals surface area contributed by atoms with Gasteiger partial charge in [0, 0.05) is 30.7 Å². The average Bonchev–Trinajstić information content (AvgIpc) is 3.57. The van der Waals surface area contributed by atoms with Gasteiger partial charge in [-0.05, 0) is 54.8 Å². The summed E-state index contributed by atoms with van der Waals surface area (Å²) >= 11 is 0. The topological polar surface area (TPSA) is 87.5 Å². The van der Waals surface area contributed by atoms with Gasteiger partial charge in [-0.1, -0.05) is 30.3 Å². The molecule has 2 aromatic carbocycles. The summed E-state index contributed by atoms with van der Waals surface area (Å²) in [6, 6.07) is 20.4. The molecule has 7 nitrogen and oxygen atoms in total. The van der Waals surface area contributed by atoms with E-state index in [4.69, 9.17) is 4.42 Å². The van der Waals surface area contributed by atoms with Gasteiger partial charge in [-0.25, -0.2) is 9.78 Å². The van der Waals surface area contributed by atoms with Crippen LogP contribution in [0.3, 0.4) is 0 Å². The largest absolute Gasteiger partial charge is 0.463 e. The number of aromatic nitrogens is 1. The molecule has 1 aliphatic rings. The minimum absolute atomic E-state index is 0.0811. The lowest BCUT2D eigenvalue weighted by Gasteiger charge is -2.16. The first-order valence-corrected chi connectivity index (χ1v) is 11.0. The quantitative estimate of drug-likeness (QED) is 0.454. The van der Waals surface area contributed by atoms with Crippen LogP contribution < -0.4 is 10.6 Å². The zero-order valence-electron chi connectivity index (χ0n) is 18.1. The lowest BCUT2D eigenvalue weighted by Crippen LogP contribution is -2.32. The van der Waals surface area contributed by atoms with Crippen molar-refractivity contribution in [1.29, 1.82) is 0 Å². The van der Waals surface area contributed by atoms with Crippen LogP contribution in [0.5, 0.6) is 0 Å². The number of hydrogen-bond acceptors (Lipinski definition) is 4. The number of para-hydroxylation sites is 1. The third-order valence-electron chi connectivity index (χ3n) is 5.76. The lowest BCUT2D eigenvalue weighted by atomic mass is 10.1. The fourth-order valence-electron chi connectivity index (χ4n) is 4.07. The predicted octanol–water partition coefficient (Wildman–Crippen LogP) is 5.05. The standard InChI is InChI=1S/C26H24N4O3/c31-25(21-16-23(24-11-6-14-33-24)29-22-10-2-1-9-20(21)22)27-17-18-7-5-8-19(15-18)28-26(32)30-12-3-4-13-30/h1-2,5-11,14-16H,3-4,12-13,17H2,(H,27,31)(H,28,32). The van der Waals surface area contributed by atoms with Gasteiger partial charge in [0.25, 0.3) is 5.91 Å². The zero-order chi connectivity index (χ0) is 22.6. The van der Waals surface area contributed by atoms with Crippen molar-refractivity contribution in [3.8, 4) is 11.5 Å². The Kier molecular flexibility index (Phi) is 5.76. The minimum Gasteiger partial charge on any atom is -0.463 e. The Balaban J connectivity index is 1.33. The van der Waals surface area contributed by atoms with Crippen molar-refractivity contribution < 1.29 is 14.0 Å². The van der Waals surface area contributed by atoms with E-state index in [-0.39, 0.29) is 11.9 Å². The normalized spacial score (nSPS) is 13.3. The molecule has 166 valence electrons. The third kappa shape index (κ3) is 4.57. The highest BCUT2D eigenvalue weighted by Crippen LogP contribution is 2.25. The smallest absolute Gasteiger partial charge is 0.321 e. The number of benzene rings is 2. The van der Waals surface area contributed by atoms with E-state index in [0.29, 0.717) is 29.2 Å². The van der Waals surface area contributed by atoms with E-state index in [1.165, 1.54) is 0 Å². The molecule has 2 aromatic heterocycles. The molecular weight excluding hydrogens is 416 g/mol. The fraction of sp³-hybridized carbons (Fsp3) is 0.192. The Hall–Kier alpha value is -4.13. The maximum Gasteiger partial charge on any atom is 0.321 e. The minimum atomic E-state index is -0.201. The molecule has 5 rings (SSSR count). The van der Waals surface area contributed by atoms with Crippen molar-refractivity contribution in [1.82, 2.24) is 15.2 Å². The molecule has 4 aromatic rings. The second kappa shape index (κ2) is 9.16. The summed E-state index contributed by atoms with van der Waals surface area (Å²) in [7, 11) is 0. The van der Waals surface area contributed by atoms with Crippen LogP contribution in [-0.4, -0.2) is 34.9 Å². The summed E-state index contributed by atoms with van der Waals surface area (Å²) in [6.45, 7) is 1.92. The van der Waals surface area contributed by atoms with Crippen LogP contribution in [-0.2, 0) is 6.54 Å². The molecule has 0 atom stereocenters. The third-order valence-corrected chi connectivity index (χ3v) is 5.76. The highest BCUT2D eigenvalue weighted by molar-refractivity contribution is 6.07. The maximum absolute atomic E-state index is 13.1. The lowest BCUT2D eigenvalue weighted by molar-refractivity contribution is 0.0952. The summed E-state index contributed by atoms with van der Waals surface area (Å²) < 4.78 is 5.48. The van der Waals surface area contributed by atoms with Crippen LogP contribution in [0.4, 0.5) is 10.5 Å². The Morgan fingerprint density at radius 1 is 0.970 bits per heavy atom. The van der Waals surface area contributed by atoms with Crippen LogP contribution >= 0.6 is 0 Å². The molecule has 1 saturated heterocycles. The molecule has 0 radical (unpaired) electrons. The Morgan fingerprint density at radius 3 is 2.64 bits per heavy atom. The van der Waals surface area contributed by atoms with Crippen molar-refractivity contribution in [3.05, 3.63) is 84.1 Å². The van der Waals surface area contributed by atoms with Crippen LogP contribution in [0.2, 0.25) is 0 Å². The van der Waals surface area contributed by atoms with Crippen LogP contribution in [0, 0.1) is 0 Å². The summed E-state index contributed by atoms with van der Waals surface area (Å²) in [5.74, 6) is 0.407. The van der Waals surface area contributed by atoms with Crippen molar-refractivity contribution in [2.45, 2.75) is 19.4 Å². The zero-order valence-corrected chi connectivity index (χ0v) is 18.1. The number of nitrogens with one attached hydrogen (secondary N) is 2. The second-order valence-corrected chi connectivity index (χ2v) is 8.06. The van der Waals surface area contributed by atoms with Gasteiger partial charge in [-0.2, -0.15) is 0 Å². The van der Waals surface area contributed by atoms with E-state index in [1.54, 1.807) is 18.4 Å². The second-order valence-electron chi connectivity index (χ2n) is 8.06. The molecule has 2 N–H and O–H groups in total. The van der Waals surface area contributed by atoms with Gasteiger partial charge in [0.15, 0.2) is 5.76 Å². The number of carbonyl (C=O) groups excluding carboxylic acids is 2. The maximum atomic E-state index is 13.1. The fourth-order valence-corrected chi connectivity index (χ4v) is 4.07. The Labute approximate surface area is 191 Å². The molecule has 0 spiro atoms. The van der Waals surface area contributed by atoms with Gasteiger partial charge in [0.05, 0.1) is 17.3 Å². The van der Waals surface area contributed by atoms with Gasteiger partial charge in [0.1, 0.15) is 5.69 Å². The number of anilines is 1. The van der Waals surface area contributed by atoms with Gasteiger partial charge < -0.3 is 20.0 Å². The molecule has 0 saturated carbocycles. The molecule has 0 bridgehead atoms. The number of amides is 3. The molecule has 33 heavy (non-hydrogen) atoms. The van der Waals surface area contributed by atoms with Crippen LogP contribution in [0.15, 0.2) is 77.4 Å². The molecule has 3 heterocycles. The Morgan fingerprint density at radius 2 is 1.82 bits per heavy atom. The van der Waals surface area contributed by atoms with Crippen LogP contribution in [0.1, 0.15) is 28.8 Å². The first kappa shape index (κ1) is 20.8. The van der Waals surface area contributed by atoms with Gasteiger partial charge >= 0.3 is 6.03 Å². The molecule has 1 aliphatic heterocycles. The van der Waals surface area contributed by atoms with Crippen molar-refractivity contribution in [2.24, 2.45) is 0 Å². The van der Waals surface area contributed by atoms with Crippen molar-refractivity contribution >= 4 is 28.5 Å². The number of carbonyl (C=O) groups is 2. The van der Waals surface area contributed by atoms with E-state index in [1.807, 2.05) is 59.5 Å². The van der Waals surface area contributed by atoms with E-state index >= 15 is 0 Å².